The highest BCUT2D eigenvalue weighted by molar-refractivity contribution is 6.30. The zero-order chi connectivity index (χ0) is 20.8. The first kappa shape index (κ1) is 20.2. The standard InChI is InChI=1S/C23H23ClN4O2/c24-19-6-4-5-17(13-19)15-25-23(29)18-9-11-28(12-10-18)21-14-22(27-16-26-21)30-20-7-2-1-3-8-20/h1-8,13-14,16,18H,9-12,15H2,(H,25,29). The van der Waals surface area contributed by atoms with Gasteiger partial charge in [-0.2, -0.15) is 0 Å². The fourth-order valence-electron chi connectivity index (χ4n) is 3.52. The summed E-state index contributed by atoms with van der Waals surface area (Å²) >= 11 is 6.00. The molecule has 1 aromatic heterocycles. The number of anilines is 1. The number of hydrogen-bond acceptors (Lipinski definition) is 5. The monoisotopic (exact) mass is 422 g/mol. The van der Waals surface area contributed by atoms with Crippen LogP contribution in [0.1, 0.15) is 18.4 Å². The molecule has 3 aromatic rings. The number of carbonyl (C=O) groups is 1. The van der Waals surface area contributed by atoms with Gasteiger partial charge in [0.25, 0.3) is 0 Å². The minimum absolute atomic E-state index is 0.00214. The maximum atomic E-state index is 12.5. The summed E-state index contributed by atoms with van der Waals surface area (Å²) in [6, 6.07) is 18.9. The first-order valence-corrected chi connectivity index (χ1v) is 10.4. The first-order chi connectivity index (χ1) is 14.7. The molecule has 0 spiro atoms. The molecule has 6 nitrogen and oxygen atoms in total. The van der Waals surface area contributed by atoms with Gasteiger partial charge in [-0.15, -0.1) is 0 Å². The van der Waals surface area contributed by atoms with E-state index in [-0.39, 0.29) is 11.8 Å². The molecule has 1 aliphatic heterocycles. The quantitative estimate of drug-likeness (QED) is 0.635. The van der Waals surface area contributed by atoms with Crippen molar-refractivity contribution in [1.82, 2.24) is 15.3 Å². The third-order valence-electron chi connectivity index (χ3n) is 5.14. The topological polar surface area (TPSA) is 67.4 Å². The second-order valence-corrected chi connectivity index (χ2v) is 7.68. The molecular formula is C23H23ClN4O2. The number of carbonyl (C=O) groups excluding carboxylic acids is 1. The van der Waals surface area contributed by atoms with E-state index in [1.807, 2.05) is 60.7 Å². The summed E-state index contributed by atoms with van der Waals surface area (Å²) in [6.45, 7) is 2.01. The van der Waals surface area contributed by atoms with Crippen LogP contribution in [0.2, 0.25) is 5.02 Å². The number of rotatable bonds is 6. The van der Waals surface area contributed by atoms with E-state index in [9.17, 15) is 4.79 Å². The molecule has 7 heteroatoms. The Morgan fingerprint density at radius 2 is 1.87 bits per heavy atom. The van der Waals surface area contributed by atoms with Gasteiger partial charge >= 0.3 is 0 Å². The zero-order valence-electron chi connectivity index (χ0n) is 16.5. The fraction of sp³-hybridized carbons (Fsp3) is 0.261. The van der Waals surface area contributed by atoms with Crippen LogP contribution in [0.5, 0.6) is 11.6 Å². The fourth-order valence-corrected chi connectivity index (χ4v) is 3.73. The summed E-state index contributed by atoms with van der Waals surface area (Å²) in [7, 11) is 0. The van der Waals surface area contributed by atoms with Gasteiger partial charge in [-0.05, 0) is 42.7 Å². The molecule has 0 radical (unpaired) electrons. The van der Waals surface area contributed by atoms with Gasteiger partial charge in [-0.3, -0.25) is 4.79 Å². The summed E-state index contributed by atoms with van der Waals surface area (Å²) < 4.78 is 5.80. The van der Waals surface area contributed by atoms with Gasteiger partial charge in [0.2, 0.25) is 11.8 Å². The lowest BCUT2D eigenvalue weighted by Gasteiger charge is -2.32. The summed E-state index contributed by atoms with van der Waals surface area (Å²) in [6.07, 6.45) is 3.07. The van der Waals surface area contributed by atoms with Gasteiger partial charge < -0.3 is 15.0 Å². The van der Waals surface area contributed by atoms with Crippen LogP contribution in [-0.4, -0.2) is 29.0 Å². The van der Waals surface area contributed by atoms with Crippen LogP contribution in [0.3, 0.4) is 0 Å². The summed E-state index contributed by atoms with van der Waals surface area (Å²) in [4.78, 5) is 23.3. The van der Waals surface area contributed by atoms with Crippen LogP contribution in [0.25, 0.3) is 0 Å². The number of piperidine rings is 1. The molecule has 2 aromatic carbocycles. The molecule has 0 unspecified atom stereocenters. The second kappa shape index (κ2) is 9.59. The van der Waals surface area contributed by atoms with E-state index in [1.165, 1.54) is 6.33 Å². The molecule has 1 aliphatic rings. The van der Waals surface area contributed by atoms with Crippen LogP contribution < -0.4 is 15.0 Å². The Labute approximate surface area is 180 Å². The van der Waals surface area contributed by atoms with Crippen molar-refractivity contribution in [2.75, 3.05) is 18.0 Å². The molecule has 1 amide bonds. The number of ether oxygens (including phenoxy) is 1. The number of para-hydroxylation sites is 1. The van der Waals surface area contributed by atoms with Crippen LogP contribution in [0, 0.1) is 5.92 Å². The molecule has 0 bridgehead atoms. The number of aromatic nitrogens is 2. The number of benzene rings is 2. The Hall–Kier alpha value is -3.12. The van der Waals surface area contributed by atoms with Gasteiger partial charge in [-0.25, -0.2) is 9.97 Å². The van der Waals surface area contributed by atoms with Crippen LogP contribution >= 0.6 is 11.6 Å². The summed E-state index contributed by atoms with van der Waals surface area (Å²) in [5.74, 6) is 2.14. The van der Waals surface area contributed by atoms with Crippen molar-refractivity contribution in [2.24, 2.45) is 5.92 Å². The van der Waals surface area contributed by atoms with Crippen molar-refractivity contribution >= 4 is 23.3 Å². The molecular weight excluding hydrogens is 400 g/mol. The van der Waals surface area contributed by atoms with E-state index in [0.29, 0.717) is 17.4 Å². The number of nitrogens with zero attached hydrogens (tertiary/aromatic N) is 3. The summed E-state index contributed by atoms with van der Waals surface area (Å²) in [5.41, 5.74) is 1.00. The van der Waals surface area contributed by atoms with Crippen molar-refractivity contribution in [3.05, 3.63) is 77.6 Å². The minimum Gasteiger partial charge on any atom is -0.439 e. The molecule has 0 aliphatic carbocycles. The Bertz CT molecular complexity index is 991. The third-order valence-corrected chi connectivity index (χ3v) is 5.37. The van der Waals surface area contributed by atoms with E-state index >= 15 is 0 Å². The number of halogens is 1. The number of amides is 1. The molecule has 1 N–H and O–H groups in total. The molecule has 1 saturated heterocycles. The number of nitrogens with one attached hydrogen (secondary N) is 1. The van der Waals surface area contributed by atoms with Crippen molar-refractivity contribution in [3.63, 3.8) is 0 Å². The van der Waals surface area contributed by atoms with E-state index in [2.05, 4.69) is 20.2 Å². The zero-order valence-corrected chi connectivity index (χ0v) is 17.3. The lowest BCUT2D eigenvalue weighted by molar-refractivity contribution is -0.125. The lowest BCUT2D eigenvalue weighted by Crippen LogP contribution is -2.40. The van der Waals surface area contributed by atoms with Crippen molar-refractivity contribution in [3.8, 4) is 11.6 Å². The normalized spacial score (nSPS) is 14.4. The molecule has 0 saturated carbocycles. The summed E-state index contributed by atoms with van der Waals surface area (Å²) in [5, 5.41) is 3.70. The molecule has 4 rings (SSSR count). The molecule has 154 valence electrons. The highest BCUT2D eigenvalue weighted by atomic mass is 35.5. The minimum atomic E-state index is 0.00214. The van der Waals surface area contributed by atoms with E-state index in [4.69, 9.17) is 16.3 Å². The molecule has 30 heavy (non-hydrogen) atoms. The van der Waals surface area contributed by atoms with Crippen molar-refractivity contribution < 1.29 is 9.53 Å². The van der Waals surface area contributed by atoms with Gasteiger partial charge in [-0.1, -0.05) is 41.9 Å². The Balaban J connectivity index is 1.30. The number of hydrogen-bond donors (Lipinski definition) is 1. The lowest BCUT2D eigenvalue weighted by atomic mass is 9.96. The largest absolute Gasteiger partial charge is 0.439 e. The smallest absolute Gasteiger partial charge is 0.224 e. The predicted molar refractivity (Wildman–Crippen MR) is 117 cm³/mol. The molecule has 0 atom stereocenters. The van der Waals surface area contributed by atoms with E-state index < -0.39 is 0 Å². The average Bonchev–Trinajstić information content (AvgIpc) is 2.78. The van der Waals surface area contributed by atoms with Crippen LogP contribution in [-0.2, 0) is 11.3 Å². The van der Waals surface area contributed by atoms with Crippen molar-refractivity contribution in [2.45, 2.75) is 19.4 Å². The third kappa shape index (κ3) is 5.27. The predicted octanol–water partition coefficient (Wildman–Crippen LogP) is 4.46. The Morgan fingerprint density at radius 3 is 2.63 bits per heavy atom. The Kier molecular flexibility index (Phi) is 6.44. The Morgan fingerprint density at radius 1 is 1.07 bits per heavy atom. The van der Waals surface area contributed by atoms with Gasteiger partial charge in [0.15, 0.2) is 0 Å². The van der Waals surface area contributed by atoms with Gasteiger partial charge in [0.05, 0.1) is 0 Å². The van der Waals surface area contributed by atoms with Gasteiger partial charge in [0, 0.05) is 36.6 Å². The van der Waals surface area contributed by atoms with E-state index in [0.717, 1.165) is 43.1 Å². The SMILES string of the molecule is O=C(NCc1cccc(Cl)c1)C1CCN(c2cc(Oc3ccccc3)ncn2)CC1. The van der Waals surface area contributed by atoms with Crippen LogP contribution in [0.4, 0.5) is 5.82 Å². The second-order valence-electron chi connectivity index (χ2n) is 7.24. The van der Waals surface area contributed by atoms with Gasteiger partial charge in [0.1, 0.15) is 17.9 Å². The maximum absolute atomic E-state index is 12.5. The average molecular weight is 423 g/mol. The van der Waals surface area contributed by atoms with Crippen LogP contribution in [0.15, 0.2) is 67.0 Å². The maximum Gasteiger partial charge on any atom is 0.224 e. The molecule has 2 heterocycles. The highest BCUT2D eigenvalue weighted by Gasteiger charge is 2.25. The highest BCUT2D eigenvalue weighted by Crippen LogP contribution is 2.26. The van der Waals surface area contributed by atoms with E-state index in [1.54, 1.807) is 0 Å². The molecule has 1 fully saturated rings. The van der Waals surface area contributed by atoms with Crippen molar-refractivity contribution in [1.29, 1.82) is 0 Å². The first-order valence-electron chi connectivity index (χ1n) is 9.99.